The van der Waals surface area contributed by atoms with Crippen molar-refractivity contribution in [3.05, 3.63) is 83.4 Å². The first-order chi connectivity index (χ1) is 24.0. The molecule has 0 atom stereocenters. The van der Waals surface area contributed by atoms with Gasteiger partial charge in [0.1, 0.15) is 23.0 Å². The first-order valence-corrected chi connectivity index (χ1v) is 19.0. The second kappa shape index (κ2) is 24.4. The summed E-state index contributed by atoms with van der Waals surface area (Å²) in [6, 6.07) is 19.0. The quantitative estimate of drug-likeness (QED) is 0.0480. The van der Waals surface area contributed by atoms with Crippen molar-refractivity contribution < 1.29 is 28.5 Å². The van der Waals surface area contributed by atoms with E-state index in [1.165, 1.54) is 103 Å². The number of unbranched alkanes of at least 4 members (excludes halogenated alkanes) is 16. The number of hydrogen-bond donors (Lipinski definition) is 0. The predicted molar refractivity (Wildman–Crippen MR) is 199 cm³/mol. The highest BCUT2D eigenvalue weighted by atomic mass is 16.5. The topological polar surface area (TPSA) is 71.1 Å². The third-order valence-corrected chi connectivity index (χ3v) is 8.77. The molecule has 0 bridgehead atoms. The van der Waals surface area contributed by atoms with Crippen LogP contribution in [0.2, 0.25) is 0 Å². The second-order valence-electron chi connectivity index (χ2n) is 13.1. The van der Waals surface area contributed by atoms with Gasteiger partial charge in [-0.25, -0.2) is 9.59 Å². The molecule has 0 spiro atoms. The Morgan fingerprint density at radius 3 is 1.22 bits per heavy atom. The van der Waals surface area contributed by atoms with Crippen molar-refractivity contribution in [2.75, 3.05) is 13.2 Å². The van der Waals surface area contributed by atoms with Crippen molar-refractivity contribution in [1.29, 1.82) is 0 Å². The van der Waals surface area contributed by atoms with Gasteiger partial charge in [-0.05, 0) is 92.1 Å². The molecule has 49 heavy (non-hydrogen) atoms. The Balaban J connectivity index is 1.33. The van der Waals surface area contributed by atoms with Crippen LogP contribution in [-0.4, -0.2) is 25.2 Å². The van der Waals surface area contributed by atoms with Crippen LogP contribution in [0.15, 0.2) is 66.7 Å². The number of hydrogen-bond acceptors (Lipinski definition) is 6. The van der Waals surface area contributed by atoms with Gasteiger partial charge < -0.3 is 18.9 Å². The summed E-state index contributed by atoms with van der Waals surface area (Å²) < 4.78 is 22.9. The van der Waals surface area contributed by atoms with Crippen LogP contribution >= 0.6 is 0 Å². The van der Waals surface area contributed by atoms with Gasteiger partial charge in [-0.1, -0.05) is 117 Å². The lowest BCUT2D eigenvalue weighted by molar-refractivity contribution is 0.0718. The molecule has 0 heterocycles. The maximum absolute atomic E-state index is 12.8. The number of rotatable bonds is 26. The predicted octanol–water partition coefficient (Wildman–Crippen LogP) is 12.3. The molecular weight excluding hydrogens is 612 g/mol. The Morgan fingerprint density at radius 2 is 0.816 bits per heavy atom. The average molecular weight is 673 g/mol. The largest absolute Gasteiger partial charge is 0.494 e. The number of benzene rings is 3. The Kier molecular flexibility index (Phi) is 19.7. The number of esters is 2. The van der Waals surface area contributed by atoms with Gasteiger partial charge in [0.15, 0.2) is 0 Å². The maximum Gasteiger partial charge on any atom is 0.343 e. The van der Waals surface area contributed by atoms with E-state index >= 15 is 0 Å². The molecule has 0 radical (unpaired) electrons. The number of carbonyl (C=O) groups excluding carboxylic acids is 2. The average Bonchev–Trinajstić information content (AvgIpc) is 3.11. The maximum atomic E-state index is 12.8. The van der Waals surface area contributed by atoms with Crippen molar-refractivity contribution in [2.24, 2.45) is 0 Å². The van der Waals surface area contributed by atoms with Crippen LogP contribution in [0, 0.1) is 6.92 Å². The number of carbonyl (C=O) groups is 2. The molecular formula is C43H60O6. The summed E-state index contributed by atoms with van der Waals surface area (Å²) in [7, 11) is 0. The molecule has 0 aliphatic rings. The van der Waals surface area contributed by atoms with Gasteiger partial charge in [-0.2, -0.15) is 0 Å². The molecule has 0 aliphatic heterocycles. The van der Waals surface area contributed by atoms with Crippen LogP contribution in [0.3, 0.4) is 0 Å². The zero-order chi connectivity index (χ0) is 34.9. The Morgan fingerprint density at radius 1 is 0.449 bits per heavy atom. The minimum Gasteiger partial charge on any atom is -0.494 e. The minimum absolute atomic E-state index is 0.376. The van der Waals surface area contributed by atoms with E-state index in [0.717, 1.165) is 24.3 Å². The summed E-state index contributed by atoms with van der Waals surface area (Å²) in [4.78, 5) is 25.6. The third-order valence-electron chi connectivity index (χ3n) is 8.77. The first kappa shape index (κ1) is 39.6. The van der Waals surface area contributed by atoms with Gasteiger partial charge >= 0.3 is 11.9 Å². The van der Waals surface area contributed by atoms with Crippen molar-refractivity contribution in [3.63, 3.8) is 0 Å². The van der Waals surface area contributed by atoms with E-state index in [4.69, 9.17) is 18.9 Å². The summed E-state index contributed by atoms with van der Waals surface area (Å²) in [6.07, 6.45) is 22.9. The standard InChI is InChI=1S/C43H60O6/c1-4-6-8-10-12-14-16-18-20-32-46-38-26-22-36(23-27-38)42(44)48-40-30-31-41(35(3)34-40)49-43(45)37-24-28-39(29-25-37)47-33-21-19-17-15-13-11-9-7-5-2/h22-31,34H,4-21,32-33H2,1-3H3. The highest BCUT2D eigenvalue weighted by molar-refractivity contribution is 5.92. The first-order valence-electron chi connectivity index (χ1n) is 19.0. The summed E-state index contributed by atoms with van der Waals surface area (Å²) in [5.74, 6) is 1.35. The van der Waals surface area contributed by atoms with E-state index in [1.807, 2.05) is 6.92 Å². The van der Waals surface area contributed by atoms with E-state index in [9.17, 15) is 9.59 Å². The van der Waals surface area contributed by atoms with Crippen LogP contribution < -0.4 is 18.9 Å². The van der Waals surface area contributed by atoms with Gasteiger partial charge in [-0.3, -0.25) is 0 Å². The van der Waals surface area contributed by atoms with Crippen LogP contribution in [0.25, 0.3) is 0 Å². The molecule has 0 aromatic heterocycles. The van der Waals surface area contributed by atoms with Gasteiger partial charge in [-0.15, -0.1) is 0 Å². The molecule has 0 saturated heterocycles. The molecule has 0 amide bonds. The Bertz CT molecular complexity index is 1330. The van der Waals surface area contributed by atoms with Crippen molar-refractivity contribution >= 4 is 11.9 Å². The van der Waals surface area contributed by atoms with E-state index in [0.29, 0.717) is 41.4 Å². The molecule has 6 heteroatoms. The van der Waals surface area contributed by atoms with Gasteiger partial charge in [0.25, 0.3) is 0 Å². The molecule has 6 nitrogen and oxygen atoms in total. The smallest absolute Gasteiger partial charge is 0.343 e. The Hall–Kier alpha value is -3.80. The number of aryl methyl sites for hydroxylation is 1. The molecule has 268 valence electrons. The molecule has 0 aliphatic carbocycles. The second-order valence-corrected chi connectivity index (χ2v) is 13.1. The summed E-state index contributed by atoms with van der Waals surface area (Å²) in [6.45, 7) is 7.66. The van der Waals surface area contributed by atoms with Crippen LogP contribution in [0.1, 0.15) is 156 Å². The molecule has 0 N–H and O–H groups in total. The monoisotopic (exact) mass is 672 g/mol. The van der Waals surface area contributed by atoms with E-state index in [-0.39, 0.29) is 0 Å². The minimum atomic E-state index is -0.463. The summed E-state index contributed by atoms with van der Waals surface area (Å²) in [5.41, 5.74) is 1.55. The normalized spacial score (nSPS) is 10.9. The van der Waals surface area contributed by atoms with Crippen molar-refractivity contribution in [3.8, 4) is 23.0 Å². The highest BCUT2D eigenvalue weighted by Gasteiger charge is 2.14. The molecule has 0 unspecified atom stereocenters. The molecule has 3 rings (SSSR count). The van der Waals surface area contributed by atoms with E-state index in [1.54, 1.807) is 66.7 Å². The Labute approximate surface area is 295 Å². The van der Waals surface area contributed by atoms with E-state index in [2.05, 4.69) is 13.8 Å². The zero-order valence-corrected chi connectivity index (χ0v) is 30.4. The molecule has 3 aromatic rings. The fourth-order valence-corrected chi connectivity index (χ4v) is 5.70. The molecule has 3 aromatic carbocycles. The zero-order valence-electron chi connectivity index (χ0n) is 30.4. The van der Waals surface area contributed by atoms with Crippen LogP contribution in [0.4, 0.5) is 0 Å². The lowest BCUT2D eigenvalue weighted by Gasteiger charge is -2.11. The lowest BCUT2D eigenvalue weighted by atomic mass is 10.1. The molecule has 0 fully saturated rings. The molecule has 0 saturated carbocycles. The SMILES string of the molecule is CCCCCCCCCCCOc1ccc(C(=O)Oc2ccc(OC(=O)c3ccc(OCCCCCCCCCCC)cc3)c(C)c2)cc1. The van der Waals surface area contributed by atoms with E-state index < -0.39 is 11.9 Å². The van der Waals surface area contributed by atoms with Crippen molar-refractivity contribution in [1.82, 2.24) is 0 Å². The fraction of sp³-hybridized carbons (Fsp3) is 0.535. The highest BCUT2D eigenvalue weighted by Crippen LogP contribution is 2.26. The third kappa shape index (κ3) is 16.4. The van der Waals surface area contributed by atoms with Gasteiger partial charge in [0.2, 0.25) is 0 Å². The lowest BCUT2D eigenvalue weighted by Crippen LogP contribution is -2.10. The summed E-state index contributed by atoms with van der Waals surface area (Å²) in [5, 5.41) is 0. The summed E-state index contributed by atoms with van der Waals surface area (Å²) >= 11 is 0. The van der Waals surface area contributed by atoms with Crippen LogP contribution in [0.5, 0.6) is 23.0 Å². The fourth-order valence-electron chi connectivity index (χ4n) is 5.70. The van der Waals surface area contributed by atoms with Crippen molar-refractivity contribution in [2.45, 2.75) is 136 Å². The van der Waals surface area contributed by atoms with Gasteiger partial charge in [0.05, 0.1) is 24.3 Å². The van der Waals surface area contributed by atoms with Crippen LogP contribution in [-0.2, 0) is 0 Å². The van der Waals surface area contributed by atoms with Gasteiger partial charge in [0, 0.05) is 0 Å². The number of ether oxygens (including phenoxy) is 4.